The minimum atomic E-state index is -0.228. The molecule has 0 amide bonds. The van der Waals surface area contributed by atoms with E-state index in [-0.39, 0.29) is 33.2 Å². The predicted octanol–water partition coefficient (Wildman–Crippen LogP) is 10.4. The minimum Gasteiger partial charge on any atom is -0.505 e. The van der Waals surface area contributed by atoms with Gasteiger partial charge in [-0.1, -0.05) is 95.2 Å². The van der Waals surface area contributed by atoms with E-state index in [2.05, 4.69) is 144 Å². The van der Waals surface area contributed by atoms with Crippen molar-refractivity contribution in [3.63, 3.8) is 0 Å². The lowest BCUT2D eigenvalue weighted by molar-refractivity contribution is 0.446. The lowest BCUT2D eigenvalue weighted by Crippen LogP contribution is -2.17. The first-order chi connectivity index (χ1) is 18.0. The Morgan fingerprint density at radius 3 is 0.975 bits per heavy atom. The summed E-state index contributed by atoms with van der Waals surface area (Å²) in [4.78, 5) is 0. The van der Waals surface area contributed by atoms with Crippen molar-refractivity contribution in [2.24, 2.45) is 0 Å². The van der Waals surface area contributed by atoms with Crippen molar-refractivity contribution in [3.8, 4) is 11.5 Å². The Morgan fingerprint density at radius 2 is 0.725 bits per heavy atom. The number of benzene rings is 3. The van der Waals surface area contributed by atoms with Gasteiger partial charge in [0.2, 0.25) is 0 Å². The van der Waals surface area contributed by atoms with E-state index in [4.69, 9.17) is 0 Å². The van der Waals surface area contributed by atoms with Crippen LogP contribution >= 0.6 is 0 Å². The van der Waals surface area contributed by atoms with Crippen molar-refractivity contribution in [3.05, 3.63) is 69.8 Å². The molecule has 0 radical (unpaired) electrons. The number of anilines is 4. The maximum Gasteiger partial charge on any atom is 0.142 e. The summed E-state index contributed by atoms with van der Waals surface area (Å²) >= 11 is 0. The summed E-state index contributed by atoms with van der Waals surface area (Å²) in [5, 5.41) is 30.0. The average molecular weight is 545 g/mol. The lowest BCUT2D eigenvalue weighted by atomic mass is 9.79. The lowest BCUT2D eigenvalue weighted by Gasteiger charge is -2.29. The molecule has 0 aliphatic carbocycles. The molecule has 40 heavy (non-hydrogen) atoms. The number of rotatable bonds is 4. The van der Waals surface area contributed by atoms with Gasteiger partial charge in [0.25, 0.3) is 0 Å². The monoisotopic (exact) mass is 544 g/mol. The Bertz CT molecular complexity index is 1300. The van der Waals surface area contributed by atoms with Crippen LogP contribution in [-0.4, -0.2) is 10.2 Å². The first kappa shape index (κ1) is 31.4. The third-order valence-electron chi connectivity index (χ3n) is 7.74. The van der Waals surface area contributed by atoms with Crippen LogP contribution in [0.2, 0.25) is 0 Å². The highest BCUT2D eigenvalue weighted by atomic mass is 16.3. The van der Waals surface area contributed by atoms with Crippen molar-refractivity contribution >= 4 is 22.7 Å². The van der Waals surface area contributed by atoms with E-state index in [0.717, 1.165) is 44.8 Å². The zero-order valence-corrected chi connectivity index (χ0v) is 27.4. The second-order valence-corrected chi connectivity index (χ2v) is 15.6. The van der Waals surface area contributed by atoms with Gasteiger partial charge in [0.05, 0.1) is 22.7 Å². The predicted molar refractivity (Wildman–Crippen MR) is 173 cm³/mol. The van der Waals surface area contributed by atoms with Gasteiger partial charge in [0, 0.05) is 11.1 Å². The van der Waals surface area contributed by atoms with Crippen LogP contribution in [0.1, 0.15) is 116 Å². The smallest absolute Gasteiger partial charge is 0.142 e. The number of phenols is 2. The fraction of sp³-hybridized carbons (Fsp3) is 0.500. The normalized spacial score (nSPS) is 12.9. The molecule has 4 N–H and O–H groups in total. The topological polar surface area (TPSA) is 64.5 Å². The number of hydrogen-bond donors (Lipinski definition) is 4. The van der Waals surface area contributed by atoms with E-state index < -0.39 is 0 Å². The minimum absolute atomic E-state index is 0.0864. The van der Waals surface area contributed by atoms with Gasteiger partial charge in [-0.05, 0) is 82.0 Å². The highest BCUT2D eigenvalue weighted by Gasteiger charge is 2.27. The molecule has 0 saturated carbocycles. The van der Waals surface area contributed by atoms with E-state index in [1.165, 1.54) is 0 Å². The Kier molecular flexibility index (Phi) is 8.13. The summed E-state index contributed by atoms with van der Waals surface area (Å²) in [6.45, 7) is 30.1. The van der Waals surface area contributed by atoms with E-state index in [9.17, 15) is 10.2 Å². The molecule has 0 aliphatic rings. The maximum atomic E-state index is 11.5. The molecule has 3 aromatic rings. The molecule has 4 heteroatoms. The summed E-state index contributed by atoms with van der Waals surface area (Å²) in [5.41, 5.74) is 8.79. The molecule has 218 valence electrons. The molecule has 4 nitrogen and oxygen atoms in total. The average Bonchev–Trinajstić information content (AvgIpc) is 2.76. The third kappa shape index (κ3) is 6.77. The van der Waals surface area contributed by atoms with Crippen LogP contribution in [0.5, 0.6) is 11.5 Å². The SMILES string of the molecule is Cc1cc(Nc2cc(C(C)(C)C)cc(C(C)(C)C)c2O)c(Nc2cc(C(C)(C)C)cc(C(C)(C)C)c2O)cc1C. The maximum absolute atomic E-state index is 11.5. The molecule has 0 atom stereocenters. The molecule has 0 spiro atoms. The Hall–Kier alpha value is -3.14. The summed E-state index contributed by atoms with van der Waals surface area (Å²) in [6, 6.07) is 12.6. The quantitative estimate of drug-likeness (QED) is 0.247. The van der Waals surface area contributed by atoms with Gasteiger partial charge in [0.15, 0.2) is 0 Å². The summed E-state index contributed by atoms with van der Waals surface area (Å²) in [5.74, 6) is 0.523. The van der Waals surface area contributed by atoms with Gasteiger partial charge in [-0.3, -0.25) is 0 Å². The summed E-state index contributed by atoms with van der Waals surface area (Å²) in [6.07, 6.45) is 0. The number of aromatic hydroxyl groups is 2. The number of nitrogens with one attached hydrogen (secondary N) is 2. The van der Waals surface area contributed by atoms with Crippen LogP contribution < -0.4 is 10.6 Å². The molecule has 0 heterocycles. The zero-order valence-electron chi connectivity index (χ0n) is 27.4. The number of hydrogen-bond acceptors (Lipinski definition) is 4. The highest BCUT2D eigenvalue weighted by molar-refractivity contribution is 5.84. The fourth-order valence-corrected chi connectivity index (χ4v) is 4.78. The Labute approximate surface area is 243 Å². The molecular weight excluding hydrogens is 492 g/mol. The van der Waals surface area contributed by atoms with E-state index >= 15 is 0 Å². The zero-order chi connectivity index (χ0) is 30.6. The number of phenolic OH excluding ortho intramolecular Hbond substituents is 2. The van der Waals surface area contributed by atoms with Crippen molar-refractivity contribution in [2.75, 3.05) is 10.6 Å². The van der Waals surface area contributed by atoms with E-state index in [0.29, 0.717) is 11.4 Å². The van der Waals surface area contributed by atoms with E-state index in [1.54, 1.807) is 0 Å². The second-order valence-electron chi connectivity index (χ2n) is 15.6. The largest absolute Gasteiger partial charge is 0.505 e. The molecule has 0 saturated heterocycles. The molecule has 0 unspecified atom stereocenters. The summed E-state index contributed by atoms with van der Waals surface area (Å²) < 4.78 is 0. The van der Waals surface area contributed by atoms with Crippen LogP contribution in [0.4, 0.5) is 22.7 Å². The van der Waals surface area contributed by atoms with E-state index in [1.807, 2.05) is 0 Å². The molecule has 0 aromatic heterocycles. The van der Waals surface area contributed by atoms with Gasteiger partial charge in [-0.15, -0.1) is 0 Å². The molecular formula is C36H52N2O2. The first-order valence-corrected chi connectivity index (χ1v) is 14.4. The Morgan fingerprint density at radius 1 is 0.425 bits per heavy atom. The van der Waals surface area contributed by atoms with Crippen molar-refractivity contribution in [1.82, 2.24) is 0 Å². The molecule has 0 fully saturated rings. The second kappa shape index (κ2) is 10.4. The van der Waals surface area contributed by atoms with Gasteiger partial charge in [-0.25, -0.2) is 0 Å². The van der Waals surface area contributed by atoms with Crippen LogP contribution in [0.25, 0.3) is 0 Å². The van der Waals surface area contributed by atoms with Gasteiger partial charge in [0.1, 0.15) is 11.5 Å². The highest BCUT2D eigenvalue weighted by Crippen LogP contribution is 2.45. The summed E-state index contributed by atoms with van der Waals surface area (Å²) in [7, 11) is 0. The van der Waals surface area contributed by atoms with Crippen LogP contribution in [0, 0.1) is 13.8 Å². The standard InChI is InChI=1S/C36H52N2O2/c1-21-15-27(37-29-19-23(33(3,4)5)17-25(31(29)39)35(9,10)11)28(16-22(21)2)38-30-20-24(34(6,7)8)18-26(32(30)40)36(12,13)14/h15-20,37-40H,1-14H3. The molecule has 3 rings (SSSR count). The van der Waals surface area contributed by atoms with Crippen molar-refractivity contribution in [2.45, 2.75) is 119 Å². The van der Waals surface area contributed by atoms with Crippen LogP contribution in [0.3, 0.4) is 0 Å². The molecule has 0 bridgehead atoms. The van der Waals surface area contributed by atoms with Gasteiger partial charge in [-0.2, -0.15) is 0 Å². The van der Waals surface area contributed by atoms with Crippen LogP contribution in [0.15, 0.2) is 36.4 Å². The first-order valence-electron chi connectivity index (χ1n) is 14.4. The number of aryl methyl sites for hydroxylation is 2. The van der Waals surface area contributed by atoms with Crippen molar-refractivity contribution < 1.29 is 10.2 Å². The van der Waals surface area contributed by atoms with Gasteiger partial charge < -0.3 is 20.8 Å². The van der Waals surface area contributed by atoms with Crippen LogP contribution in [-0.2, 0) is 21.7 Å². The molecule has 0 aliphatic heterocycles. The third-order valence-corrected chi connectivity index (χ3v) is 7.74. The van der Waals surface area contributed by atoms with Crippen molar-refractivity contribution in [1.29, 1.82) is 0 Å². The Balaban J connectivity index is 2.23. The van der Waals surface area contributed by atoms with Gasteiger partial charge >= 0.3 is 0 Å². The molecule has 3 aromatic carbocycles. The fourth-order valence-electron chi connectivity index (χ4n) is 4.78.